The van der Waals surface area contributed by atoms with Crippen LogP contribution in [0.4, 0.5) is 5.82 Å². The van der Waals surface area contributed by atoms with E-state index in [-0.39, 0.29) is 0 Å². The van der Waals surface area contributed by atoms with Gasteiger partial charge in [-0.1, -0.05) is 13.8 Å². The molecule has 2 heterocycles. The van der Waals surface area contributed by atoms with E-state index in [1.54, 1.807) is 0 Å². The highest BCUT2D eigenvalue weighted by Gasteiger charge is 2.19. The molecule has 0 aliphatic carbocycles. The van der Waals surface area contributed by atoms with E-state index in [0.29, 0.717) is 5.92 Å². The normalized spacial score (nSPS) is 11.4. The average molecular weight is 304 g/mol. The Morgan fingerprint density at radius 2 is 2.00 bits per heavy atom. The van der Waals surface area contributed by atoms with Crippen molar-refractivity contribution in [1.82, 2.24) is 24.9 Å². The van der Waals surface area contributed by atoms with E-state index in [2.05, 4.69) is 49.5 Å². The van der Waals surface area contributed by atoms with Gasteiger partial charge in [0.15, 0.2) is 0 Å². The monoisotopic (exact) mass is 304 g/mol. The average Bonchev–Trinajstić information content (AvgIpc) is 2.98. The van der Waals surface area contributed by atoms with Gasteiger partial charge >= 0.3 is 0 Å². The van der Waals surface area contributed by atoms with Crippen molar-refractivity contribution in [2.45, 2.75) is 32.7 Å². The quantitative estimate of drug-likeness (QED) is 0.791. The maximum absolute atomic E-state index is 4.69. The van der Waals surface area contributed by atoms with Gasteiger partial charge in [0, 0.05) is 46.5 Å². The Labute approximate surface area is 133 Å². The van der Waals surface area contributed by atoms with Crippen molar-refractivity contribution in [2.75, 3.05) is 25.5 Å². The fourth-order valence-corrected chi connectivity index (χ4v) is 2.82. The van der Waals surface area contributed by atoms with Crippen molar-refractivity contribution >= 4 is 5.82 Å². The lowest BCUT2D eigenvalue weighted by atomic mass is 10.1. The minimum Gasteiger partial charge on any atom is -0.363 e. The molecule has 2 rings (SSSR count). The highest BCUT2D eigenvalue weighted by atomic mass is 15.4. The van der Waals surface area contributed by atoms with Crippen molar-refractivity contribution < 1.29 is 0 Å². The van der Waals surface area contributed by atoms with Gasteiger partial charge in [-0.2, -0.15) is 10.2 Å². The molecule has 0 saturated heterocycles. The number of aromatic nitrogens is 4. The Morgan fingerprint density at radius 1 is 1.27 bits per heavy atom. The fraction of sp³-hybridized carbons (Fsp3) is 0.625. The first-order valence-electron chi connectivity index (χ1n) is 7.81. The molecule has 22 heavy (non-hydrogen) atoms. The Kier molecular flexibility index (Phi) is 5.24. The number of hydrogen-bond acceptors (Lipinski definition) is 4. The summed E-state index contributed by atoms with van der Waals surface area (Å²) >= 11 is 0. The molecule has 0 aliphatic rings. The van der Waals surface area contributed by atoms with Gasteiger partial charge in [0.1, 0.15) is 5.82 Å². The predicted molar refractivity (Wildman–Crippen MR) is 90.2 cm³/mol. The van der Waals surface area contributed by atoms with Crippen LogP contribution in [0.1, 0.15) is 36.6 Å². The van der Waals surface area contributed by atoms with Gasteiger partial charge < -0.3 is 10.2 Å². The van der Waals surface area contributed by atoms with Crippen molar-refractivity contribution in [2.24, 2.45) is 14.1 Å². The Balaban J connectivity index is 2.01. The van der Waals surface area contributed by atoms with E-state index < -0.39 is 0 Å². The van der Waals surface area contributed by atoms with Crippen molar-refractivity contribution in [3.63, 3.8) is 0 Å². The van der Waals surface area contributed by atoms with Crippen LogP contribution >= 0.6 is 0 Å². The third kappa shape index (κ3) is 3.68. The van der Waals surface area contributed by atoms with Crippen molar-refractivity contribution in [3.05, 3.63) is 29.2 Å². The zero-order chi connectivity index (χ0) is 16.3. The van der Waals surface area contributed by atoms with Gasteiger partial charge in [0.2, 0.25) is 0 Å². The van der Waals surface area contributed by atoms with Crippen LogP contribution in [-0.4, -0.2) is 40.2 Å². The van der Waals surface area contributed by atoms with E-state index in [9.17, 15) is 0 Å². The lowest BCUT2D eigenvalue weighted by Gasteiger charge is -2.16. The van der Waals surface area contributed by atoms with Crippen LogP contribution < -0.4 is 10.2 Å². The largest absolute Gasteiger partial charge is 0.363 e. The number of hydrogen-bond donors (Lipinski definition) is 1. The second-order valence-electron chi connectivity index (χ2n) is 6.31. The molecule has 0 unspecified atom stereocenters. The number of nitrogens with zero attached hydrogens (tertiary/aromatic N) is 5. The number of anilines is 1. The summed E-state index contributed by atoms with van der Waals surface area (Å²) in [6.07, 6.45) is 4.98. The zero-order valence-corrected chi connectivity index (χ0v) is 14.6. The summed E-state index contributed by atoms with van der Waals surface area (Å²) in [5, 5.41) is 12.4. The zero-order valence-electron chi connectivity index (χ0n) is 14.6. The van der Waals surface area contributed by atoms with Crippen LogP contribution in [0.5, 0.6) is 0 Å². The van der Waals surface area contributed by atoms with Crippen molar-refractivity contribution in [1.29, 1.82) is 0 Å². The second kappa shape index (κ2) is 6.96. The molecule has 2 aromatic heterocycles. The molecule has 6 nitrogen and oxygen atoms in total. The van der Waals surface area contributed by atoms with Crippen LogP contribution in [0.15, 0.2) is 12.4 Å². The highest BCUT2D eigenvalue weighted by Crippen LogP contribution is 2.26. The van der Waals surface area contributed by atoms with Crippen LogP contribution in [0.3, 0.4) is 0 Å². The molecule has 0 radical (unpaired) electrons. The van der Waals surface area contributed by atoms with Gasteiger partial charge in [-0.3, -0.25) is 9.36 Å². The molecular weight excluding hydrogens is 276 g/mol. The number of rotatable bonds is 7. The van der Waals surface area contributed by atoms with E-state index in [0.717, 1.165) is 19.5 Å². The summed E-state index contributed by atoms with van der Waals surface area (Å²) in [5.41, 5.74) is 3.74. The molecule has 0 atom stereocenters. The minimum atomic E-state index is 0.426. The van der Waals surface area contributed by atoms with E-state index in [1.165, 1.54) is 22.6 Å². The van der Waals surface area contributed by atoms with E-state index in [1.807, 2.05) is 29.7 Å². The molecule has 0 bridgehead atoms. The molecular formula is C16H28N6. The highest BCUT2D eigenvalue weighted by molar-refractivity contribution is 5.50. The Hall–Kier alpha value is -1.82. The summed E-state index contributed by atoms with van der Waals surface area (Å²) in [5.74, 6) is 1.60. The summed E-state index contributed by atoms with van der Waals surface area (Å²) in [6, 6.07) is 0. The Bertz CT molecular complexity index is 608. The fourth-order valence-electron chi connectivity index (χ4n) is 2.82. The Morgan fingerprint density at radius 3 is 2.55 bits per heavy atom. The third-order valence-corrected chi connectivity index (χ3v) is 3.76. The first-order valence-corrected chi connectivity index (χ1v) is 7.81. The van der Waals surface area contributed by atoms with Gasteiger partial charge in [-0.15, -0.1) is 0 Å². The molecule has 0 aromatic carbocycles. The van der Waals surface area contributed by atoms with E-state index in [4.69, 9.17) is 5.10 Å². The molecule has 0 fully saturated rings. The SMILES string of the molecule is CC(C)c1nn(C)c(N(C)C)c1CNCCc1cnn(C)c1. The second-order valence-corrected chi connectivity index (χ2v) is 6.31. The topological polar surface area (TPSA) is 50.9 Å². The van der Waals surface area contributed by atoms with Crippen LogP contribution in [0.25, 0.3) is 0 Å². The lowest BCUT2D eigenvalue weighted by Crippen LogP contribution is -2.21. The summed E-state index contributed by atoms with van der Waals surface area (Å²) in [6.45, 7) is 6.17. The number of nitrogens with one attached hydrogen (secondary N) is 1. The standard InChI is InChI=1S/C16H28N6/c1-12(2)15-14(16(20(3)4)22(6)19-15)10-17-8-7-13-9-18-21(5)11-13/h9,11-12,17H,7-8,10H2,1-6H3. The van der Waals surface area contributed by atoms with Gasteiger partial charge in [-0.25, -0.2) is 0 Å². The summed E-state index contributed by atoms with van der Waals surface area (Å²) in [4.78, 5) is 2.14. The molecule has 1 N–H and O–H groups in total. The molecule has 0 spiro atoms. The first kappa shape index (κ1) is 16.5. The van der Waals surface area contributed by atoms with Crippen molar-refractivity contribution in [3.8, 4) is 0 Å². The number of aryl methyl sites for hydroxylation is 2. The molecule has 6 heteroatoms. The molecule has 0 aliphatic heterocycles. The summed E-state index contributed by atoms with van der Waals surface area (Å²) in [7, 11) is 8.10. The van der Waals surface area contributed by atoms with E-state index >= 15 is 0 Å². The minimum absolute atomic E-state index is 0.426. The molecule has 2 aromatic rings. The van der Waals surface area contributed by atoms with Crippen LogP contribution in [-0.2, 0) is 27.1 Å². The first-order chi connectivity index (χ1) is 10.4. The van der Waals surface area contributed by atoms with Gasteiger partial charge in [0.25, 0.3) is 0 Å². The van der Waals surface area contributed by atoms with Crippen LogP contribution in [0, 0.1) is 0 Å². The maximum atomic E-state index is 4.69. The maximum Gasteiger partial charge on any atom is 0.130 e. The molecule has 122 valence electrons. The smallest absolute Gasteiger partial charge is 0.130 e. The van der Waals surface area contributed by atoms with Gasteiger partial charge in [0.05, 0.1) is 11.9 Å². The van der Waals surface area contributed by atoms with Gasteiger partial charge in [-0.05, 0) is 24.4 Å². The molecule has 0 saturated carbocycles. The lowest BCUT2D eigenvalue weighted by molar-refractivity contribution is 0.673. The summed E-state index contributed by atoms with van der Waals surface area (Å²) < 4.78 is 3.82. The third-order valence-electron chi connectivity index (χ3n) is 3.76. The predicted octanol–water partition coefficient (Wildman–Crippen LogP) is 1.68. The molecule has 0 amide bonds. The van der Waals surface area contributed by atoms with Crippen LogP contribution in [0.2, 0.25) is 0 Å².